The monoisotopic (exact) mass is 341 g/mol. The van der Waals surface area contributed by atoms with E-state index in [0.29, 0.717) is 18.9 Å². The summed E-state index contributed by atoms with van der Waals surface area (Å²) >= 11 is 0. The largest absolute Gasteiger partial charge is 0.508 e. The quantitative estimate of drug-likeness (QED) is 0.782. The molecule has 4 heteroatoms. The molecule has 1 aliphatic rings. The van der Waals surface area contributed by atoms with Crippen LogP contribution in [0.2, 0.25) is 0 Å². The van der Waals surface area contributed by atoms with E-state index in [0.717, 1.165) is 5.56 Å². The summed E-state index contributed by atoms with van der Waals surface area (Å²) < 4.78 is 7.47. The molecule has 1 N–H and O–H groups in total. The molecule has 134 valence electrons. The molecule has 1 fully saturated rings. The average molecular weight is 341 g/mol. The Morgan fingerprint density at radius 1 is 1.20 bits per heavy atom. The number of carbonyl (C=O) groups excluding carboxylic acids is 1. The lowest BCUT2D eigenvalue weighted by Gasteiger charge is -2.27. The van der Waals surface area contributed by atoms with E-state index >= 15 is 0 Å². The van der Waals surface area contributed by atoms with Gasteiger partial charge in [-0.3, -0.25) is 0 Å². The summed E-state index contributed by atoms with van der Waals surface area (Å²) in [5, 5.41) is 9.49. The maximum Gasteiger partial charge on any atom is 0.329 e. The molecule has 0 saturated heterocycles. The van der Waals surface area contributed by atoms with E-state index in [4.69, 9.17) is 4.74 Å². The SMILES string of the molecule is CCOC(=O)[C@H](Cc1ccc(O)cc1)n1cccc1C1CCCCC1. The lowest BCUT2D eigenvalue weighted by Crippen LogP contribution is -2.26. The van der Waals surface area contributed by atoms with E-state index in [9.17, 15) is 9.90 Å². The zero-order valence-electron chi connectivity index (χ0n) is 14.9. The fourth-order valence-electron chi connectivity index (χ4n) is 3.82. The number of rotatable bonds is 6. The van der Waals surface area contributed by atoms with Gasteiger partial charge in [-0.1, -0.05) is 31.4 Å². The van der Waals surface area contributed by atoms with Gasteiger partial charge in [0.25, 0.3) is 0 Å². The minimum Gasteiger partial charge on any atom is -0.508 e. The smallest absolute Gasteiger partial charge is 0.329 e. The molecule has 2 aromatic rings. The zero-order valence-corrected chi connectivity index (χ0v) is 14.9. The van der Waals surface area contributed by atoms with Crippen LogP contribution in [0.4, 0.5) is 0 Å². The molecule has 1 aromatic heterocycles. The Bertz CT molecular complexity index is 683. The van der Waals surface area contributed by atoms with E-state index in [-0.39, 0.29) is 17.8 Å². The number of hydrogen-bond donors (Lipinski definition) is 1. The molecule has 0 aliphatic heterocycles. The van der Waals surface area contributed by atoms with Gasteiger partial charge in [0.1, 0.15) is 11.8 Å². The summed E-state index contributed by atoms with van der Waals surface area (Å²) in [6, 6.07) is 10.9. The second kappa shape index (κ2) is 8.24. The maximum atomic E-state index is 12.7. The molecule has 4 nitrogen and oxygen atoms in total. The van der Waals surface area contributed by atoms with Crippen LogP contribution in [-0.2, 0) is 16.0 Å². The minimum atomic E-state index is -0.364. The number of hydrogen-bond acceptors (Lipinski definition) is 3. The van der Waals surface area contributed by atoms with E-state index in [2.05, 4.69) is 10.6 Å². The Morgan fingerprint density at radius 3 is 2.60 bits per heavy atom. The summed E-state index contributed by atoms with van der Waals surface area (Å²) in [4.78, 5) is 12.7. The first-order valence-corrected chi connectivity index (χ1v) is 9.30. The van der Waals surface area contributed by atoms with Crippen LogP contribution >= 0.6 is 0 Å². The highest BCUT2D eigenvalue weighted by Crippen LogP contribution is 2.34. The highest BCUT2D eigenvalue weighted by atomic mass is 16.5. The van der Waals surface area contributed by atoms with Gasteiger partial charge in [0, 0.05) is 18.3 Å². The van der Waals surface area contributed by atoms with E-state index in [1.54, 1.807) is 12.1 Å². The van der Waals surface area contributed by atoms with Gasteiger partial charge in [-0.2, -0.15) is 0 Å². The van der Waals surface area contributed by atoms with Gasteiger partial charge in [0.05, 0.1) is 6.61 Å². The van der Waals surface area contributed by atoms with Crippen LogP contribution in [0.1, 0.15) is 62.2 Å². The molecule has 0 bridgehead atoms. The normalized spacial score (nSPS) is 16.5. The van der Waals surface area contributed by atoms with Gasteiger partial charge in [-0.25, -0.2) is 4.79 Å². The number of aromatic nitrogens is 1. The van der Waals surface area contributed by atoms with Gasteiger partial charge in [-0.15, -0.1) is 0 Å². The fraction of sp³-hybridized carbons (Fsp3) is 0.476. The lowest BCUT2D eigenvalue weighted by molar-refractivity contribution is -0.147. The molecule has 0 unspecified atom stereocenters. The lowest BCUT2D eigenvalue weighted by atomic mass is 9.86. The topological polar surface area (TPSA) is 51.5 Å². The number of ether oxygens (including phenoxy) is 1. The molecular weight excluding hydrogens is 314 g/mol. The third-order valence-corrected chi connectivity index (χ3v) is 5.10. The van der Waals surface area contributed by atoms with Gasteiger partial charge in [-0.05, 0) is 55.5 Å². The third kappa shape index (κ3) is 4.25. The van der Waals surface area contributed by atoms with Crippen LogP contribution < -0.4 is 0 Å². The summed E-state index contributed by atoms with van der Waals surface area (Å²) in [6.45, 7) is 2.22. The molecule has 1 heterocycles. The van der Waals surface area contributed by atoms with Crippen LogP contribution in [0, 0.1) is 0 Å². The fourth-order valence-corrected chi connectivity index (χ4v) is 3.82. The first-order valence-electron chi connectivity index (χ1n) is 9.30. The number of aromatic hydroxyl groups is 1. The number of nitrogens with zero attached hydrogens (tertiary/aromatic N) is 1. The predicted molar refractivity (Wildman–Crippen MR) is 97.7 cm³/mol. The van der Waals surface area contributed by atoms with Crippen molar-refractivity contribution in [1.29, 1.82) is 0 Å². The Hall–Kier alpha value is -2.23. The summed E-state index contributed by atoms with van der Waals surface area (Å²) in [6.07, 6.45) is 8.79. The Kier molecular flexibility index (Phi) is 5.79. The second-order valence-electron chi connectivity index (χ2n) is 6.81. The molecule has 1 aliphatic carbocycles. The minimum absolute atomic E-state index is 0.191. The Balaban J connectivity index is 1.87. The van der Waals surface area contributed by atoms with Crippen molar-refractivity contribution < 1.29 is 14.6 Å². The number of carbonyl (C=O) groups is 1. The molecule has 0 spiro atoms. The summed E-state index contributed by atoms with van der Waals surface area (Å²) in [5.74, 6) is 0.574. The van der Waals surface area contributed by atoms with Crippen molar-refractivity contribution in [2.45, 2.75) is 57.4 Å². The van der Waals surface area contributed by atoms with E-state index in [1.807, 2.05) is 31.3 Å². The molecule has 25 heavy (non-hydrogen) atoms. The third-order valence-electron chi connectivity index (χ3n) is 5.10. The van der Waals surface area contributed by atoms with Crippen molar-refractivity contribution in [3.8, 4) is 5.75 Å². The van der Waals surface area contributed by atoms with Crippen LogP contribution in [0.25, 0.3) is 0 Å². The zero-order chi connectivity index (χ0) is 17.6. The Labute approximate surface area is 149 Å². The van der Waals surface area contributed by atoms with Crippen LogP contribution in [0.15, 0.2) is 42.6 Å². The van der Waals surface area contributed by atoms with Crippen molar-refractivity contribution in [3.05, 3.63) is 53.9 Å². The van der Waals surface area contributed by atoms with Gasteiger partial charge in [0.15, 0.2) is 0 Å². The van der Waals surface area contributed by atoms with E-state index < -0.39 is 0 Å². The molecule has 3 rings (SSSR count). The second-order valence-corrected chi connectivity index (χ2v) is 6.81. The van der Waals surface area contributed by atoms with Gasteiger partial charge >= 0.3 is 5.97 Å². The predicted octanol–water partition coefficient (Wildman–Crippen LogP) is 4.59. The standard InChI is InChI=1S/C21H27NO3/c1-2-25-21(24)20(15-16-10-12-18(23)13-11-16)22-14-6-9-19(22)17-7-4-3-5-8-17/h6,9-14,17,20,23H,2-5,7-8,15H2,1H3/t20-/m0/s1. The average Bonchev–Trinajstić information content (AvgIpc) is 3.11. The highest BCUT2D eigenvalue weighted by molar-refractivity contribution is 5.75. The van der Waals surface area contributed by atoms with E-state index in [1.165, 1.54) is 37.8 Å². The number of phenolic OH excluding ortho intramolecular Hbond substituents is 1. The first kappa shape index (κ1) is 17.6. The Morgan fingerprint density at radius 2 is 1.92 bits per heavy atom. The highest BCUT2D eigenvalue weighted by Gasteiger charge is 2.27. The molecule has 0 radical (unpaired) electrons. The molecule has 1 atom stereocenters. The number of benzene rings is 1. The summed E-state index contributed by atoms with van der Waals surface area (Å²) in [5.41, 5.74) is 2.26. The van der Waals surface area contributed by atoms with Crippen LogP contribution in [0.3, 0.4) is 0 Å². The van der Waals surface area contributed by atoms with Crippen molar-refractivity contribution in [3.63, 3.8) is 0 Å². The number of esters is 1. The molecule has 0 amide bonds. The molecule has 1 aromatic carbocycles. The summed E-state index contributed by atoms with van der Waals surface area (Å²) in [7, 11) is 0. The van der Waals surface area contributed by atoms with Crippen molar-refractivity contribution >= 4 is 5.97 Å². The van der Waals surface area contributed by atoms with Crippen molar-refractivity contribution in [2.75, 3.05) is 6.61 Å². The van der Waals surface area contributed by atoms with Crippen LogP contribution in [0.5, 0.6) is 5.75 Å². The van der Waals surface area contributed by atoms with Gasteiger partial charge < -0.3 is 14.4 Å². The number of phenols is 1. The van der Waals surface area contributed by atoms with Crippen molar-refractivity contribution in [2.24, 2.45) is 0 Å². The van der Waals surface area contributed by atoms with Crippen LogP contribution in [-0.4, -0.2) is 22.2 Å². The van der Waals surface area contributed by atoms with Gasteiger partial charge in [0.2, 0.25) is 0 Å². The molecule has 1 saturated carbocycles. The van der Waals surface area contributed by atoms with Crippen molar-refractivity contribution in [1.82, 2.24) is 4.57 Å². The first-order chi connectivity index (χ1) is 12.2. The maximum absolute atomic E-state index is 12.7. The molecular formula is C21H27NO3.